The zero-order valence-corrected chi connectivity index (χ0v) is 16.0. The predicted molar refractivity (Wildman–Crippen MR) is 118 cm³/mol. The third-order valence-electron chi connectivity index (χ3n) is 4.60. The zero-order chi connectivity index (χ0) is 20.1. The summed E-state index contributed by atoms with van der Waals surface area (Å²) in [5.41, 5.74) is 3.82. The van der Waals surface area contributed by atoms with Gasteiger partial charge in [0.25, 0.3) is 0 Å². The van der Waals surface area contributed by atoms with Crippen molar-refractivity contribution in [2.45, 2.75) is 0 Å². The van der Waals surface area contributed by atoms with Crippen molar-refractivity contribution in [3.05, 3.63) is 112 Å². The van der Waals surface area contributed by atoms with Gasteiger partial charge in [0.1, 0.15) is 17.3 Å². The Kier molecular flexibility index (Phi) is 5.39. The Labute approximate surface area is 169 Å². The minimum atomic E-state index is -0.0754. The second kappa shape index (κ2) is 8.44. The summed E-state index contributed by atoms with van der Waals surface area (Å²) < 4.78 is 11.2. The monoisotopic (exact) mass is 380 g/mol. The molecule has 0 saturated carbocycles. The van der Waals surface area contributed by atoms with Crippen molar-refractivity contribution in [1.82, 2.24) is 0 Å². The molecule has 0 bridgehead atoms. The number of rotatable bonds is 5. The summed E-state index contributed by atoms with van der Waals surface area (Å²) in [5.74, 6) is 1.96. The SMILES string of the molecule is COc1ccc(/C=C/c2ccc(-c3cc(=O)cc(-c4ccccc4)o3)cc2)cc1. The van der Waals surface area contributed by atoms with Gasteiger partial charge < -0.3 is 9.15 Å². The number of ether oxygens (including phenoxy) is 1. The summed E-state index contributed by atoms with van der Waals surface area (Å²) in [6.45, 7) is 0. The fourth-order valence-electron chi connectivity index (χ4n) is 3.03. The lowest BCUT2D eigenvalue weighted by Gasteiger charge is -2.05. The number of hydrogen-bond acceptors (Lipinski definition) is 3. The third-order valence-corrected chi connectivity index (χ3v) is 4.60. The Morgan fingerprint density at radius 1 is 0.690 bits per heavy atom. The summed E-state index contributed by atoms with van der Waals surface area (Å²) in [6.07, 6.45) is 4.09. The van der Waals surface area contributed by atoms with Crippen LogP contribution in [0.4, 0.5) is 0 Å². The van der Waals surface area contributed by atoms with E-state index in [9.17, 15) is 4.79 Å². The molecule has 0 spiro atoms. The van der Waals surface area contributed by atoms with Gasteiger partial charge in [-0.1, -0.05) is 78.9 Å². The quantitative estimate of drug-likeness (QED) is 0.390. The Bertz CT molecular complexity index is 1170. The van der Waals surface area contributed by atoms with Crippen molar-refractivity contribution in [2.75, 3.05) is 7.11 Å². The molecule has 0 aliphatic carbocycles. The Balaban J connectivity index is 1.57. The molecule has 4 aromatic rings. The van der Waals surface area contributed by atoms with Gasteiger partial charge in [0.15, 0.2) is 5.43 Å². The molecule has 0 aliphatic rings. The molecular weight excluding hydrogens is 360 g/mol. The lowest BCUT2D eigenvalue weighted by atomic mass is 10.1. The summed E-state index contributed by atoms with van der Waals surface area (Å²) in [6, 6.07) is 28.5. The minimum absolute atomic E-state index is 0.0754. The van der Waals surface area contributed by atoms with E-state index in [-0.39, 0.29) is 5.43 Å². The lowest BCUT2D eigenvalue weighted by Crippen LogP contribution is -1.98. The van der Waals surface area contributed by atoms with Crippen LogP contribution in [-0.4, -0.2) is 7.11 Å². The molecule has 1 heterocycles. The largest absolute Gasteiger partial charge is 0.497 e. The molecule has 4 rings (SSSR count). The number of methoxy groups -OCH3 is 1. The van der Waals surface area contributed by atoms with Gasteiger partial charge in [0, 0.05) is 23.3 Å². The van der Waals surface area contributed by atoms with Gasteiger partial charge in [0.2, 0.25) is 0 Å². The van der Waals surface area contributed by atoms with Gasteiger partial charge in [-0.05, 0) is 23.3 Å². The van der Waals surface area contributed by atoms with E-state index in [1.54, 1.807) is 7.11 Å². The summed E-state index contributed by atoms with van der Waals surface area (Å²) in [5, 5.41) is 0. The highest BCUT2D eigenvalue weighted by atomic mass is 16.5. The van der Waals surface area contributed by atoms with Crippen molar-refractivity contribution in [2.24, 2.45) is 0 Å². The zero-order valence-electron chi connectivity index (χ0n) is 16.0. The van der Waals surface area contributed by atoms with Crippen LogP contribution in [0.1, 0.15) is 11.1 Å². The van der Waals surface area contributed by atoms with Crippen LogP contribution in [0.25, 0.3) is 34.8 Å². The molecule has 0 saturated heterocycles. The van der Waals surface area contributed by atoms with Gasteiger partial charge in [0.05, 0.1) is 7.11 Å². The van der Waals surface area contributed by atoms with Gasteiger partial charge in [-0.2, -0.15) is 0 Å². The van der Waals surface area contributed by atoms with Crippen molar-refractivity contribution in [3.8, 4) is 28.4 Å². The van der Waals surface area contributed by atoms with E-state index < -0.39 is 0 Å². The van der Waals surface area contributed by atoms with E-state index in [2.05, 4.69) is 0 Å². The van der Waals surface area contributed by atoms with Gasteiger partial charge in [-0.3, -0.25) is 4.79 Å². The first-order valence-corrected chi connectivity index (χ1v) is 9.34. The second-order valence-corrected chi connectivity index (χ2v) is 6.62. The molecule has 0 atom stereocenters. The van der Waals surface area contributed by atoms with Crippen LogP contribution in [0, 0.1) is 0 Å². The van der Waals surface area contributed by atoms with Crippen LogP contribution >= 0.6 is 0 Å². The normalized spacial score (nSPS) is 10.9. The fourth-order valence-corrected chi connectivity index (χ4v) is 3.03. The fraction of sp³-hybridized carbons (Fsp3) is 0.0385. The highest BCUT2D eigenvalue weighted by molar-refractivity contribution is 5.71. The van der Waals surface area contributed by atoms with Crippen molar-refractivity contribution in [1.29, 1.82) is 0 Å². The molecule has 0 radical (unpaired) electrons. The molecule has 1 aromatic heterocycles. The Hall–Kier alpha value is -3.85. The van der Waals surface area contributed by atoms with Crippen LogP contribution in [0.2, 0.25) is 0 Å². The van der Waals surface area contributed by atoms with Crippen LogP contribution < -0.4 is 10.2 Å². The minimum Gasteiger partial charge on any atom is -0.497 e. The predicted octanol–water partition coefficient (Wildman–Crippen LogP) is 6.15. The molecule has 0 aliphatic heterocycles. The summed E-state index contributed by atoms with van der Waals surface area (Å²) in [4.78, 5) is 12.1. The van der Waals surface area contributed by atoms with Crippen molar-refractivity contribution < 1.29 is 9.15 Å². The maximum atomic E-state index is 12.1. The first-order chi connectivity index (χ1) is 14.2. The van der Waals surface area contributed by atoms with Crippen molar-refractivity contribution in [3.63, 3.8) is 0 Å². The number of benzene rings is 3. The van der Waals surface area contributed by atoms with E-state index in [1.807, 2.05) is 91.0 Å². The number of hydrogen-bond donors (Lipinski definition) is 0. The topological polar surface area (TPSA) is 39.4 Å². The van der Waals surface area contributed by atoms with Gasteiger partial charge >= 0.3 is 0 Å². The molecule has 0 N–H and O–H groups in total. The van der Waals surface area contributed by atoms with Gasteiger partial charge in [-0.25, -0.2) is 0 Å². The average Bonchev–Trinajstić information content (AvgIpc) is 2.78. The average molecular weight is 380 g/mol. The maximum absolute atomic E-state index is 12.1. The molecule has 0 fully saturated rings. The maximum Gasteiger partial charge on any atom is 0.186 e. The van der Waals surface area contributed by atoms with Crippen molar-refractivity contribution >= 4 is 12.2 Å². The Morgan fingerprint density at radius 2 is 1.21 bits per heavy atom. The highest BCUT2D eigenvalue weighted by Gasteiger charge is 2.07. The van der Waals surface area contributed by atoms with E-state index in [4.69, 9.17) is 9.15 Å². The van der Waals surface area contributed by atoms with Gasteiger partial charge in [-0.15, -0.1) is 0 Å². The van der Waals surface area contributed by atoms with E-state index in [0.717, 1.165) is 28.0 Å². The molecule has 0 amide bonds. The Morgan fingerprint density at radius 3 is 1.76 bits per heavy atom. The highest BCUT2D eigenvalue weighted by Crippen LogP contribution is 2.25. The van der Waals surface area contributed by atoms with E-state index >= 15 is 0 Å². The second-order valence-electron chi connectivity index (χ2n) is 6.62. The van der Waals surface area contributed by atoms with Crippen LogP contribution in [-0.2, 0) is 0 Å². The van der Waals surface area contributed by atoms with E-state index in [1.165, 1.54) is 12.1 Å². The molecule has 0 unspecified atom stereocenters. The molecule has 3 aromatic carbocycles. The lowest BCUT2D eigenvalue weighted by molar-refractivity contribution is 0.415. The first-order valence-electron chi connectivity index (χ1n) is 9.34. The molecular formula is C26H20O3. The molecule has 3 heteroatoms. The molecule has 3 nitrogen and oxygen atoms in total. The standard InChI is InChI=1S/C26H20O3/c1-28-24-15-11-20(12-16-24)8-7-19-9-13-22(14-10-19)26-18-23(27)17-25(29-26)21-5-3-2-4-6-21/h2-18H,1H3/b8-7+. The third kappa shape index (κ3) is 4.53. The summed E-state index contributed by atoms with van der Waals surface area (Å²) >= 11 is 0. The van der Waals surface area contributed by atoms with E-state index in [0.29, 0.717) is 11.5 Å². The van der Waals surface area contributed by atoms with Crippen LogP contribution in [0.5, 0.6) is 5.75 Å². The smallest absolute Gasteiger partial charge is 0.186 e. The summed E-state index contributed by atoms with van der Waals surface area (Å²) in [7, 11) is 1.66. The first kappa shape index (κ1) is 18.5. The van der Waals surface area contributed by atoms with Crippen LogP contribution in [0.3, 0.4) is 0 Å². The molecule has 29 heavy (non-hydrogen) atoms. The molecule has 142 valence electrons. The van der Waals surface area contributed by atoms with Crippen LogP contribution in [0.15, 0.2) is 100 Å².